The zero-order chi connectivity index (χ0) is 23.5. The van der Waals surface area contributed by atoms with Crippen molar-refractivity contribution >= 4 is 39.2 Å². The summed E-state index contributed by atoms with van der Waals surface area (Å²) in [6, 6.07) is 18.9. The van der Waals surface area contributed by atoms with Crippen LogP contribution in [0.15, 0.2) is 65.1 Å². The van der Waals surface area contributed by atoms with Crippen molar-refractivity contribution in [1.29, 1.82) is 0 Å². The quantitative estimate of drug-likeness (QED) is 0.398. The summed E-state index contributed by atoms with van der Waals surface area (Å²) in [5.41, 5.74) is 2.82. The molecule has 0 bridgehead atoms. The number of furan rings is 1. The number of fused-ring (bicyclic) bond motifs is 1. The molecule has 2 aromatic carbocycles. The standard InChI is InChI=1S/C26H26N4O3S/c1-17-8-10-19(11-9-17)28-26(32)27-15-18-5-4-14-30(16-18)25(31)22-13-12-21(33-22)24-29-20-6-2-3-7-23(20)34-24/h2-3,6-13,18H,4-5,14-16H2,1H3,(H2,27,28,32). The summed E-state index contributed by atoms with van der Waals surface area (Å²) < 4.78 is 6.98. The second-order valence-corrected chi connectivity index (χ2v) is 9.64. The maximum Gasteiger partial charge on any atom is 0.319 e. The number of rotatable bonds is 5. The molecule has 1 aliphatic heterocycles. The second-order valence-electron chi connectivity index (χ2n) is 8.61. The Morgan fingerprint density at radius 2 is 1.94 bits per heavy atom. The van der Waals surface area contributed by atoms with Gasteiger partial charge in [0, 0.05) is 25.3 Å². The molecular formula is C26H26N4O3S. The third-order valence-corrected chi connectivity index (χ3v) is 7.04. The Labute approximate surface area is 201 Å². The van der Waals surface area contributed by atoms with Gasteiger partial charge in [-0.25, -0.2) is 9.78 Å². The van der Waals surface area contributed by atoms with Crippen LogP contribution >= 0.6 is 11.3 Å². The highest BCUT2D eigenvalue weighted by Gasteiger charge is 2.27. The molecule has 4 aromatic rings. The molecule has 3 heterocycles. The van der Waals surface area contributed by atoms with Crippen LogP contribution in [0.1, 0.15) is 29.0 Å². The van der Waals surface area contributed by atoms with Crippen molar-refractivity contribution in [2.24, 2.45) is 5.92 Å². The summed E-state index contributed by atoms with van der Waals surface area (Å²) in [5.74, 6) is 0.994. The molecule has 34 heavy (non-hydrogen) atoms. The maximum atomic E-state index is 13.1. The van der Waals surface area contributed by atoms with Crippen LogP contribution < -0.4 is 10.6 Å². The molecule has 7 nitrogen and oxygen atoms in total. The summed E-state index contributed by atoms with van der Waals surface area (Å²) >= 11 is 1.55. The van der Waals surface area contributed by atoms with Gasteiger partial charge in [0.25, 0.3) is 5.91 Å². The van der Waals surface area contributed by atoms with Crippen molar-refractivity contribution in [3.05, 3.63) is 72.0 Å². The summed E-state index contributed by atoms with van der Waals surface area (Å²) in [5, 5.41) is 6.54. The van der Waals surface area contributed by atoms with Crippen LogP contribution in [-0.2, 0) is 0 Å². The molecule has 2 aromatic heterocycles. The number of benzene rings is 2. The SMILES string of the molecule is Cc1ccc(NC(=O)NCC2CCCN(C(=O)c3ccc(-c4nc5ccccc5s4)o3)C2)cc1. The number of likely N-dealkylation sites (tertiary alicyclic amines) is 1. The molecule has 0 spiro atoms. The Hall–Kier alpha value is -3.65. The van der Waals surface area contributed by atoms with E-state index in [9.17, 15) is 9.59 Å². The number of para-hydroxylation sites is 1. The van der Waals surface area contributed by atoms with E-state index in [0.717, 1.165) is 39.3 Å². The van der Waals surface area contributed by atoms with Crippen LogP contribution in [0.3, 0.4) is 0 Å². The molecule has 0 saturated carbocycles. The van der Waals surface area contributed by atoms with E-state index in [2.05, 4.69) is 15.6 Å². The van der Waals surface area contributed by atoms with E-state index in [1.54, 1.807) is 17.4 Å². The normalized spacial score (nSPS) is 15.9. The largest absolute Gasteiger partial charge is 0.448 e. The Morgan fingerprint density at radius 3 is 2.76 bits per heavy atom. The van der Waals surface area contributed by atoms with Gasteiger partial charge in [-0.3, -0.25) is 4.79 Å². The molecule has 174 valence electrons. The smallest absolute Gasteiger partial charge is 0.319 e. The summed E-state index contributed by atoms with van der Waals surface area (Å²) in [4.78, 5) is 31.8. The predicted molar refractivity (Wildman–Crippen MR) is 134 cm³/mol. The predicted octanol–water partition coefficient (Wildman–Crippen LogP) is 5.54. The number of nitrogens with one attached hydrogen (secondary N) is 2. The Bertz CT molecular complexity index is 1280. The number of aryl methyl sites for hydroxylation is 1. The van der Waals surface area contributed by atoms with Crippen molar-refractivity contribution < 1.29 is 14.0 Å². The van der Waals surface area contributed by atoms with Gasteiger partial charge in [0.05, 0.1) is 10.2 Å². The summed E-state index contributed by atoms with van der Waals surface area (Å²) in [6.45, 7) is 3.78. The van der Waals surface area contributed by atoms with E-state index in [-0.39, 0.29) is 17.9 Å². The molecule has 3 amide bonds. The molecule has 0 radical (unpaired) electrons. The van der Waals surface area contributed by atoms with Gasteiger partial charge in [-0.2, -0.15) is 0 Å². The summed E-state index contributed by atoms with van der Waals surface area (Å²) in [7, 11) is 0. The van der Waals surface area contributed by atoms with E-state index in [0.29, 0.717) is 31.2 Å². The van der Waals surface area contributed by atoms with Crippen molar-refractivity contribution in [2.45, 2.75) is 19.8 Å². The number of carbonyl (C=O) groups is 2. The third-order valence-electron chi connectivity index (χ3n) is 5.99. The average molecular weight is 475 g/mol. The number of thiazole rings is 1. The van der Waals surface area contributed by atoms with Gasteiger partial charge in [0.2, 0.25) is 0 Å². The first-order valence-corrected chi connectivity index (χ1v) is 12.2. The number of carbonyl (C=O) groups excluding carboxylic acids is 2. The van der Waals surface area contributed by atoms with Gasteiger partial charge in [-0.1, -0.05) is 29.8 Å². The highest BCUT2D eigenvalue weighted by Crippen LogP contribution is 2.31. The topological polar surface area (TPSA) is 87.5 Å². The number of nitrogens with zero attached hydrogens (tertiary/aromatic N) is 2. The number of hydrogen-bond donors (Lipinski definition) is 2. The fourth-order valence-electron chi connectivity index (χ4n) is 4.17. The monoisotopic (exact) mass is 474 g/mol. The number of anilines is 1. The van der Waals surface area contributed by atoms with Crippen LogP contribution in [0.4, 0.5) is 10.5 Å². The number of hydrogen-bond acceptors (Lipinski definition) is 5. The minimum absolute atomic E-state index is 0.124. The lowest BCUT2D eigenvalue weighted by Gasteiger charge is -2.32. The van der Waals surface area contributed by atoms with Crippen LogP contribution in [-0.4, -0.2) is 41.5 Å². The lowest BCUT2D eigenvalue weighted by Crippen LogP contribution is -2.44. The first-order chi connectivity index (χ1) is 16.5. The fourth-order valence-corrected chi connectivity index (χ4v) is 5.09. The lowest BCUT2D eigenvalue weighted by atomic mass is 9.98. The van der Waals surface area contributed by atoms with Crippen LogP contribution in [0, 0.1) is 12.8 Å². The van der Waals surface area contributed by atoms with Crippen LogP contribution in [0.5, 0.6) is 0 Å². The zero-order valence-electron chi connectivity index (χ0n) is 18.9. The van der Waals surface area contributed by atoms with E-state index >= 15 is 0 Å². The zero-order valence-corrected chi connectivity index (χ0v) is 19.7. The van der Waals surface area contributed by atoms with Crippen molar-refractivity contribution in [3.8, 4) is 10.8 Å². The fraction of sp³-hybridized carbons (Fsp3) is 0.269. The van der Waals surface area contributed by atoms with Gasteiger partial charge in [-0.05, 0) is 62.1 Å². The minimum Gasteiger partial charge on any atom is -0.448 e. The molecule has 1 atom stereocenters. The van der Waals surface area contributed by atoms with E-state index in [4.69, 9.17) is 4.42 Å². The minimum atomic E-state index is -0.237. The number of amides is 3. The second kappa shape index (κ2) is 9.69. The van der Waals surface area contributed by atoms with E-state index in [1.165, 1.54) is 0 Å². The van der Waals surface area contributed by atoms with Gasteiger partial charge in [-0.15, -0.1) is 11.3 Å². The van der Waals surface area contributed by atoms with Crippen LogP contribution in [0.2, 0.25) is 0 Å². The molecule has 1 unspecified atom stereocenters. The summed E-state index contributed by atoms with van der Waals surface area (Å²) in [6.07, 6.45) is 1.85. The Kier molecular flexibility index (Phi) is 6.31. The van der Waals surface area contributed by atoms with Crippen molar-refractivity contribution in [3.63, 3.8) is 0 Å². The van der Waals surface area contributed by atoms with Gasteiger partial charge >= 0.3 is 6.03 Å². The lowest BCUT2D eigenvalue weighted by molar-refractivity contribution is 0.0644. The molecule has 8 heteroatoms. The molecule has 5 rings (SSSR count). The van der Waals surface area contributed by atoms with Crippen molar-refractivity contribution in [2.75, 3.05) is 25.0 Å². The van der Waals surface area contributed by atoms with Gasteiger partial charge in [0.15, 0.2) is 16.5 Å². The highest BCUT2D eigenvalue weighted by molar-refractivity contribution is 7.21. The number of piperidine rings is 1. The Morgan fingerprint density at radius 1 is 1.12 bits per heavy atom. The maximum absolute atomic E-state index is 13.1. The van der Waals surface area contributed by atoms with E-state index < -0.39 is 0 Å². The van der Waals surface area contributed by atoms with Gasteiger partial charge in [0.1, 0.15) is 0 Å². The van der Waals surface area contributed by atoms with Crippen molar-refractivity contribution in [1.82, 2.24) is 15.2 Å². The number of aromatic nitrogens is 1. The van der Waals surface area contributed by atoms with E-state index in [1.807, 2.05) is 66.4 Å². The average Bonchev–Trinajstić information content (AvgIpc) is 3.51. The molecule has 1 aliphatic rings. The molecule has 0 aliphatic carbocycles. The molecule has 2 N–H and O–H groups in total. The Balaban J connectivity index is 1.17. The highest BCUT2D eigenvalue weighted by atomic mass is 32.1. The first kappa shape index (κ1) is 22.2. The number of urea groups is 1. The van der Waals surface area contributed by atoms with Crippen LogP contribution in [0.25, 0.3) is 21.0 Å². The van der Waals surface area contributed by atoms with Gasteiger partial charge < -0.3 is 20.0 Å². The first-order valence-electron chi connectivity index (χ1n) is 11.4. The third kappa shape index (κ3) is 4.97. The molecule has 1 saturated heterocycles. The molecular weight excluding hydrogens is 448 g/mol. The molecule has 1 fully saturated rings.